The maximum Gasteiger partial charge on any atom is 0.422 e. The van der Waals surface area contributed by atoms with Crippen LogP contribution in [0.5, 0.6) is 5.88 Å². The number of aromatic nitrogens is 1. The van der Waals surface area contributed by atoms with E-state index >= 15 is 0 Å². The van der Waals surface area contributed by atoms with Gasteiger partial charge in [0, 0.05) is 18.8 Å². The van der Waals surface area contributed by atoms with Crippen molar-refractivity contribution in [3.63, 3.8) is 0 Å². The first-order valence-corrected chi connectivity index (χ1v) is 11.2. The zero-order valence-corrected chi connectivity index (χ0v) is 17.6. The number of nitrogens with one attached hydrogen (secondary N) is 1. The van der Waals surface area contributed by atoms with Crippen LogP contribution in [-0.2, 0) is 16.0 Å². The number of halogens is 6. The number of ether oxygens (including phenoxy) is 1. The first-order valence-electron chi connectivity index (χ1n) is 9.60. The van der Waals surface area contributed by atoms with Gasteiger partial charge in [-0.2, -0.15) is 26.3 Å². The van der Waals surface area contributed by atoms with Gasteiger partial charge in [-0.1, -0.05) is 6.07 Å². The summed E-state index contributed by atoms with van der Waals surface area (Å²) in [5, 5.41) is 1.72. The molecule has 0 atom stereocenters. The maximum absolute atomic E-state index is 12.8. The highest BCUT2D eigenvalue weighted by atomic mass is 32.2. The lowest BCUT2D eigenvalue weighted by molar-refractivity contribution is -0.154. The Bertz CT molecular complexity index is 1090. The zero-order chi connectivity index (χ0) is 24.4. The van der Waals surface area contributed by atoms with Crippen LogP contribution >= 0.6 is 0 Å². The van der Waals surface area contributed by atoms with Crippen molar-refractivity contribution >= 4 is 15.7 Å². The molecule has 1 N–H and O–H groups in total. The fourth-order valence-corrected chi connectivity index (χ4v) is 5.23. The summed E-state index contributed by atoms with van der Waals surface area (Å²) in [5.74, 6) is -1.05. The largest absolute Gasteiger partial charge is 0.468 e. The minimum Gasteiger partial charge on any atom is -0.468 e. The third kappa shape index (κ3) is 6.36. The number of alkyl halides is 6. The second-order valence-corrected chi connectivity index (χ2v) is 9.76. The van der Waals surface area contributed by atoms with Crippen molar-refractivity contribution < 1.29 is 44.3 Å². The van der Waals surface area contributed by atoms with Crippen molar-refractivity contribution in [3.8, 4) is 5.88 Å². The Balaban J connectivity index is 1.50. The summed E-state index contributed by atoms with van der Waals surface area (Å²) >= 11 is 0. The van der Waals surface area contributed by atoms with E-state index in [1.54, 1.807) is 0 Å². The van der Waals surface area contributed by atoms with Crippen molar-refractivity contribution in [1.82, 2.24) is 10.3 Å². The van der Waals surface area contributed by atoms with Crippen LogP contribution in [0.4, 0.5) is 26.3 Å². The molecule has 1 aromatic heterocycles. The number of carbonyl (C=O) groups is 1. The van der Waals surface area contributed by atoms with Crippen LogP contribution in [0.15, 0.2) is 47.5 Å². The Morgan fingerprint density at radius 3 is 2.36 bits per heavy atom. The van der Waals surface area contributed by atoms with E-state index in [4.69, 9.17) is 0 Å². The average molecular weight is 496 g/mol. The van der Waals surface area contributed by atoms with Gasteiger partial charge >= 0.3 is 12.4 Å². The lowest BCUT2D eigenvalue weighted by atomic mass is 9.85. The van der Waals surface area contributed by atoms with E-state index in [1.165, 1.54) is 6.07 Å². The number of amides is 1. The molecule has 2 aromatic rings. The number of sulfone groups is 1. The molecule has 1 aliphatic rings. The van der Waals surface area contributed by atoms with E-state index in [9.17, 15) is 39.6 Å². The predicted molar refractivity (Wildman–Crippen MR) is 103 cm³/mol. The fourth-order valence-electron chi connectivity index (χ4n) is 3.23. The summed E-state index contributed by atoms with van der Waals surface area (Å²) in [7, 11) is -3.95. The molecular formula is C20H18F6N2O4S. The summed E-state index contributed by atoms with van der Waals surface area (Å²) in [6, 6.07) is 5.91. The van der Waals surface area contributed by atoms with Crippen molar-refractivity contribution in [2.24, 2.45) is 5.92 Å². The molecule has 180 valence electrons. The van der Waals surface area contributed by atoms with Crippen molar-refractivity contribution in [3.05, 3.63) is 53.7 Å². The molecule has 33 heavy (non-hydrogen) atoms. The number of benzene rings is 1. The normalized spacial score (nSPS) is 19.0. The summed E-state index contributed by atoms with van der Waals surface area (Å²) in [5.41, 5.74) is -0.975. The minimum atomic E-state index is -4.66. The Hall–Kier alpha value is -2.83. The summed E-state index contributed by atoms with van der Waals surface area (Å²) < 4.78 is 105. The van der Waals surface area contributed by atoms with Gasteiger partial charge in [0.2, 0.25) is 5.88 Å². The molecule has 1 fully saturated rings. The van der Waals surface area contributed by atoms with Crippen LogP contribution in [-0.4, -0.2) is 43.9 Å². The molecule has 0 bridgehead atoms. The average Bonchev–Trinajstić information content (AvgIpc) is 2.70. The monoisotopic (exact) mass is 496 g/mol. The van der Waals surface area contributed by atoms with Crippen molar-refractivity contribution in [1.29, 1.82) is 0 Å². The van der Waals surface area contributed by atoms with Gasteiger partial charge in [0.25, 0.3) is 5.91 Å². The Kier molecular flexibility index (Phi) is 6.91. The highest BCUT2D eigenvalue weighted by Crippen LogP contribution is 2.37. The standard InChI is InChI=1S/C20H18F6N2O4S/c21-19(22,23)11-32-17-5-4-13(10-27-17)18(29)28-9-12-6-16(7-12)33(30,31)15-3-1-2-14(8-15)20(24,25)26/h1-5,8,10,12,16H,6-7,9,11H2,(H,28,29). The lowest BCUT2D eigenvalue weighted by Gasteiger charge is -2.35. The van der Waals surface area contributed by atoms with Gasteiger partial charge in [0.15, 0.2) is 16.4 Å². The number of carbonyl (C=O) groups excluding carboxylic acids is 1. The quantitative estimate of drug-likeness (QED) is 0.586. The van der Waals surface area contributed by atoms with Crippen LogP contribution in [0.25, 0.3) is 0 Å². The van der Waals surface area contributed by atoms with Crippen LogP contribution in [0, 0.1) is 5.92 Å². The molecule has 0 spiro atoms. The minimum absolute atomic E-state index is 0.0711. The smallest absolute Gasteiger partial charge is 0.422 e. The van der Waals surface area contributed by atoms with E-state index < -0.39 is 50.4 Å². The molecule has 1 aliphatic carbocycles. The third-order valence-corrected chi connectivity index (χ3v) is 7.23. The molecule has 1 amide bonds. The van der Waals surface area contributed by atoms with Gasteiger partial charge in [0.05, 0.1) is 21.3 Å². The molecule has 3 rings (SSSR count). The molecule has 1 heterocycles. The van der Waals surface area contributed by atoms with Crippen LogP contribution in [0.2, 0.25) is 0 Å². The number of hydrogen-bond acceptors (Lipinski definition) is 5. The first-order chi connectivity index (χ1) is 15.3. The SMILES string of the molecule is O=C(NCC1CC(S(=O)(=O)c2cccc(C(F)(F)F)c2)C1)c1ccc(OCC(F)(F)F)nc1. The Morgan fingerprint density at radius 2 is 1.79 bits per heavy atom. The van der Waals surface area contributed by atoms with Gasteiger partial charge in [-0.05, 0) is 43.0 Å². The van der Waals surface area contributed by atoms with E-state index in [0.29, 0.717) is 6.07 Å². The summed E-state index contributed by atoms with van der Waals surface area (Å²) in [4.78, 5) is 15.4. The summed E-state index contributed by atoms with van der Waals surface area (Å²) in [6.07, 6.45) is -7.80. The van der Waals surface area contributed by atoms with Gasteiger partial charge in [-0.25, -0.2) is 13.4 Å². The molecule has 0 aliphatic heterocycles. The molecule has 0 saturated heterocycles. The molecule has 0 unspecified atom stereocenters. The number of rotatable bonds is 7. The maximum atomic E-state index is 12.8. The zero-order valence-electron chi connectivity index (χ0n) is 16.8. The second-order valence-electron chi connectivity index (χ2n) is 7.53. The van der Waals surface area contributed by atoms with E-state index in [-0.39, 0.29) is 36.7 Å². The number of nitrogens with zero attached hydrogens (tertiary/aromatic N) is 1. The Morgan fingerprint density at radius 1 is 1.09 bits per heavy atom. The van der Waals surface area contributed by atoms with Gasteiger partial charge < -0.3 is 10.1 Å². The second kappa shape index (κ2) is 9.20. The van der Waals surface area contributed by atoms with Crippen molar-refractivity contribution in [2.45, 2.75) is 35.3 Å². The fraction of sp³-hybridized carbons (Fsp3) is 0.400. The molecule has 6 nitrogen and oxygen atoms in total. The summed E-state index contributed by atoms with van der Waals surface area (Å²) in [6.45, 7) is -1.39. The topological polar surface area (TPSA) is 85.4 Å². The highest BCUT2D eigenvalue weighted by Gasteiger charge is 2.40. The van der Waals surface area contributed by atoms with Crippen LogP contribution in [0.3, 0.4) is 0 Å². The number of pyridine rings is 1. The van der Waals surface area contributed by atoms with E-state index in [0.717, 1.165) is 30.5 Å². The third-order valence-electron chi connectivity index (χ3n) is 5.05. The lowest BCUT2D eigenvalue weighted by Crippen LogP contribution is -2.42. The molecular weight excluding hydrogens is 478 g/mol. The van der Waals surface area contributed by atoms with Crippen LogP contribution in [0.1, 0.15) is 28.8 Å². The van der Waals surface area contributed by atoms with Crippen LogP contribution < -0.4 is 10.1 Å². The molecule has 0 radical (unpaired) electrons. The van der Waals surface area contributed by atoms with Gasteiger partial charge in [-0.15, -0.1) is 0 Å². The number of hydrogen-bond donors (Lipinski definition) is 1. The van der Waals surface area contributed by atoms with E-state index in [1.807, 2.05) is 0 Å². The molecule has 1 aromatic carbocycles. The predicted octanol–water partition coefficient (Wildman–Crippen LogP) is 4.02. The first kappa shape index (κ1) is 24.8. The molecule has 1 saturated carbocycles. The highest BCUT2D eigenvalue weighted by molar-refractivity contribution is 7.92. The van der Waals surface area contributed by atoms with Gasteiger partial charge in [0.1, 0.15) is 0 Å². The molecule has 13 heteroatoms. The van der Waals surface area contributed by atoms with Gasteiger partial charge in [-0.3, -0.25) is 4.79 Å². The van der Waals surface area contributed by atoms with E-state index in [2.05, 4.69) is 15.0 Å². The Labute approximate surface area is 184 Å². The van der Waals surface area contributed by atoms with Crippen molar-refractivity contribution in [2.75, 3.05) is 13.2 Å².